The molecule has 0 aliphatic heterocycles. The molecular formula is C24H36N2O2S. The zero-order valence-electron chi connectivity index (χ0n) is 18.0. The molecule has 160 valence electrons. The zero-order chi connectivity index (χ0) is 21.0. The van der Waals surface area contributed by atoms with Crippen LogP contribution < -0.4 is 4.31 Å². The van der Waals surface area contributed by atoms with E-state index in [0.717, 1.165) is 25.0 Å². The second-order valence-electron chi connectivity index (χ2n) is 7.71. The van der Waals surface area contributed by atoms with Crippen LogP contribution in [-0.2, 0) is 10.0 Å². The highest BCUT2D eigenvalue weighted by Crippen LogP contribution is 2.23. The molecule has 0 amide bonds. The molecule has 0 radical (unpaired) electrons. The summed E-state index contributed by atoms with van der Waals surface area (Å²) in [4.78, 5) is 4.79. The fourth-order valence-corrected chi connectivity index (χ4v) is 4.96. The number of aryl methyl sites for hydroxylation is 1. The van der Waals surface area contributed by atoms with Gasteiger partial charge in [-0.05, 0) is 37.6 Å². The molecule has 0 unspecified atom stereocenters. The van der Waals surface area contributed by atoms with Gasteiger partial charge in [-0.3, -0.25) is 0 Å². The van der Waals surface area contributed by atoms with Crippen molar-refractivity contribution in [3.05, 3.63) is 54.2 Å². The number of anilines is 1. The lowest BCUT2D eigenvalue weighted by atomic mass is 10.1. The van der Waals surface area contributed by atoms with Crippen LogP contribution in [0.15, 0.2) is 53.4 Å². The van der Waals surface area contributed by atoms with Crippen LogP contribution in [0.5, 0.6) is 0 Å². The standard InChI is InChI=1S/C24H36N2O2S/c1-3-4-5-6-7-8-9-10-11-15-21-26(24-20-16-17-22(2)25-24)29(27,28)23-18-13-12-14-19-23/h12-14,16-20H,3-11,15,21H2,1-2H3. The van der Waals surface area contributed by atoms with E-state index in [1.165, 1.54) is 49.3 Å². The first-order valence-corrected chi connectivity index (χ1v) is 12.5. The summed E-state index contributed by atoms with van der Waals surface area (Å²) in [5, 5.41) is 0. The van der Waals surface area contributed by atoms with Gasteiger partial charge in [-0.2, -0.15) is 0 Å². The quantitative estimate of drug-likeness (QED) is 0.330. The molecule has 1 heterocycles. The van der Waals surface area contributed by atoms with Crippen molar-refractivity contribution in [3.8, 4) is 0 Å². The molecule has 0 aliphatic rings. The number of sulfonamides is 1. The van der Waals surface area contributed by atoms with Crippen molar-refractivity contribution < 1.29 is 8.42 Å². The summed E-state index contributed by atoms with van der Waals surface area (Å²) in [6.07, 6.45) is 12.2. The predicted octanol–water partition coefficient (Wildman–Crippen LogP) is 6.51. The van der Waals surface area contributed by atoms with Crippen molar-refractivity contribution in [2.24, 2.45) is 0 Å². The SMILES string of the molecule is CCCCCCCCCCCCN(c1cccc(C)n1)S(=O)(=O)c1ccccc1. The van der Waals surface area contributed by atoms with Crippen LogP contribution in [0, 0.1) is 6.92 Å². The molecule has 1 aromatic heterocycles. The van der Waals surface area contributed by atoms with Gasteiger partial charge in [0.25, 0.3) is 10.0 Å². The minimum atomic E-state index is -3.61. The fourth-order valence-electron chi connectivity index (χ4n) is 3.49. The Balaban J connectivity index is 1.91. The van der Waals surface area contributed by atoms with E-state index in [4.69, 9.17) is 0 Å². The highest BCUT2D eigenvalue weighted by atomic mass is 32.2. The highest BCUT2D eigenvalue weighted by Gasteiger charge is 2.25. The Hall–Kier alpha value is -1.88. The van der Waals surface area contributed by atoms with Gasteiger partial charge in [-0.1, -0.05) is 89.0 Å². The van der Waals surface area contributed by atoms with Crippen LogP contribution in [-0.4, -0.2) is 19.9 Å². The molecule has 0 bridgehead atoms. The lowest BCUT2D eigenvalue weighted by molar-refractivity contribution is 0.554. The fraction of sp³-hybridized carbons (Fsp3) is 0.542. The molecule has 2 aromatic rings. The van der Waals surface area contributed by atoms with Gasteiger partial charge in [0.1, 0.15) is 5.82 Å². The van der Waals surface area contributed by atoms with Crippen molar-refractivity contribution in [2.45, 2.75) is 83.0 Å². The number of pyridine rings is 1. The van der Waals surface area contributed by atoms with Crippen molar-refractivity contribution in [2.75, 3.05) is 10.8 Å². The van der Waals surface area contributed by atoms with Gasteiger partial charge >= 0.3 is 0 Å². The third-order valence-corrected chi connectivity index (χ3v) is 6.99. The molecule has 4 nitrogen and oxygen atoms in total. The Kier molecular flexibility index (Phi) is 10.2. The predicted molar refractivity (Wildman–Crippen MR) is 122 cm³/mol. The molecule has 2 rings (SSSR count). The van der Waals surface area contributed by atoms with Crippen LogP contribution in [0.25, 0.3) is 0 Å². The lowest BCUT2D eigenvalue weighted by Crippen LogP contribution is -2.32. The first-order chi connectivity index (χ1) is 14.1. The molecule has 29 heavy (non-hydrogen) atoms. The molecule has 0 saturated carbocycles. The number of nitrogens with zero attached hydrogens (tertiary/aromatic N) is 2. The van der Waals surface area contributed by atoms with E-state index in [1.807, 2.05) is 25.1 Å². The van der Waals surface area contributed by atoms with Gasteiger partial charge in [0, 0.05) is 12.2 Å². The van der Waals surface area contributed by atoms with E-state index in [0.29, 0.717) is 17.3 Å². The summed E-state index contributed by atoms with van der Waals surface area (Å²) < 4.78 is 27.9. The molecule has 0 spiro atoms. The molecule has 5 heteroatoms. The normalized spacial score (nSPS) is 11.5. The lowest BCUT2D eigenvalue weighted by Gasteiger charge is -2.24. The van der Waals surface area contributed by atoms with Gasteiger partial charge in [0.2, 0.25) is 0 Å². The van der Waals surface area contributed by atoms with Crippen LogP contribution in [0.3, 0.4) is 0 Å². The van der Waals surface area contributed by atoms with E-state index < -0.39 is 10.0 Å². The van der Waals surface area contributed by atoms with E-state index in [2.05, 4.69) is 11.9 Å². The largest absolute Gasteiger partial charge is 0.265 e. The monoisotopic (exact) mass is 416 g/mol. The minimum Gasteiger partial charge on any atom is -0.250 e. The van der Waals surface area contributed by atoms with Gasteiger partial charge in [-0.15, -0.1) is 0 Å². The Morgan fingerprint density at radius 3 is 1.93 bits per heavy atom. The van der Waals surface area contributed by atoms with Crippen molar-refractivity contribution >= 4 is 15.8 Å². The first-order valence-electron chi connectivity index (χ1n) is 11.1. The van der Waals surface area contributed by atoms with Crippen molar-refractivity contribution in [3.63, 3.8) is 0 Å². The maximum atomic E-state index is 13.2. The molecule has 1 aromatic carbocycles. The van der Waals surface area contributed by atoms with Crippen LogP contribution in [0.2, 0.25) is 0 Å². The van der Waals surface area contributed by atoms with Gasteiger partial charge < -0.3 is 0 Å². The first kappa shape index (κ1) is 23.4. The third kappa shape index (κ3) is 7.81. The summed E-state index contributed by atoms with van der Waals surface area (Å²) >= 11 is 0. The van der Waals surface area contributed by atoms with Gasteiger partial charge in [0.05, 0.1) is 4.90 Å². The summed E-state index contributed by atoms with van der Waals surface area (Å²) in [5.41, 5.74) is 0.818. The third-order valence-electron chi connectivity index (χ3n) is 5.18. The Bertz CT molecular complexity index is 807. The van der Waals surface area contributed by atoms with Crippen LogP contribution >= 0.6 is 0 Å². The molecule has 0 fully saturated rings. The summed E-state index contributed by atoms with van der Waals surface area (Å²) in [5.74, 6) is 0.504. The van der Waals surface area contributed by atoms with Crippen LogP contribution in [0.4, 0.5) is 5.82 Å². The maximum Gasteiger partial charge on any atom is 0.265 e. The van der Waals surface area contributed by atoms with E-state index in [9.17, 15) is 8.42 Å². The average Bonchev–Trinajstić information content (AvgIpc) is 2.72. The Labute approximate surface area is 177 Å². The molecule has 0 aliphatic carbocycles. The Morgan fingerprint density at radius 1 is 0.759 bits per heavy atom. The molecular weight excluding hydrogens is 380 g/mol. The number of hydrogen-bond donors (Lipinski definition) is 0. The summed E-state index contributed by atoms with van der Waals surface area (Å²) in [6, 6.07) is 14.2. The number of aromatic nitrogens is 1. The van der Waals surface area contributed by atoms with Crippen molar-refractivity contribution in [1.82, 2.24) is 4.98 Å². The minimum absolute atomic E-state index is 0.315. The molecule has 0 atom stereocenters. The number of benzene rings is 1. The van der Waals surface area contributed by atoms with Crippen molar-refractivity contribution in [1.29, 1.82) is 0 Å². The molecule has 0 saturated heterocycles. The zero-order valence-corrected chi connectivity index (χ0v) is 18.8. The van der Waals surface area contributed by atoms with Crippen LogP contribution in [0.1, 0.15) is 76.8 Å². The maximum absolute atomic E-state index is 13.2. The van der Waals surface area contributed by atoms with Gasteiger partial charge in [0.15, 0.2) is 0 Å². The molecule has 0 N–H and O–H groups in total. The van der Waals surface area contributed by atoms with E-state index in [-0.39, 0.29) is 0 Å². The average molecular weight is 417 g/mol. The summed E-state index contributed by atoms with van der Waals surface area (Å²) in [6.45, 7) is 4.59. The highest BCUT2D eigenvalue weighted by molar-refractivity contribution is 7.92. The second-order valence-corrected chi connectivity index (χ2v) is 9.57. The Morgan fingerprint density at radius 2 is 1.34 bits per heavy atom. The second kappa shape index (κ2) is 12.6. The van der Waals surface area contributed by atoms with Gasteiger partial charge in [-0.25, -0.2) is 17.7 Å². The van der Waals surface area contributed by atoms with E-state index >= 15 is 0 Å². The number of unbranched alkanes of at least 4 members (excludes halogenated alkanes) is 9. The number of rotatable bonds is 14. The van der Waals surface area contributed by atoms with E-state index in [1.54, 1.807) is 30.3 Å². The smallest absolute Gasteiger partial charge is 0.250 e. The number of hydrogen-bond acceptors (Lipinski definition) is 3. The topological polar surface area (TPSA) is 50.3 Å². The summed E-state index contributed by atoms with van der Waals surface area (Å²) in [7, 11) is -3.61.